The summed E-state index contributed by atoms with van der Waals surface area (Å²) in [5, 5.41) is 0. The van der Waals surface area contributed by atoms with E-state index < -0.39 is 0 Å². The number of aromatic nitrogens is 2. The third-order valence-electron chi connectivity index (χ3n) is 5.80. The molecule has 1 fully saturated rings. The van der Waals surface area contributed by atoms with E-state index in [1.807, 2.05) is 17.9 Å². The number of carbonyl (C=O) groups is 1. The number of nitrogens with zero attached hydrogens (tertiary/aromatic N) is 3. The van der Waals surface area contributed by atoms with Crippen molar-refractivity contribution in [3.63, 3.8) is 0 Å². The first-order chi connectivity index (χ1) is 13.2. The van der Waals surface area contributed by atoms with Crippen molar-refractivity contribution < 1.29 is 14.3 Å². The zero-order valence-corrected chi connectivity index (χ0v) is 15.9. The van der Waals surface area contributed by atoms with Crippen molar-refractivity contribution in [2.45, 2.75) is 38.8 Å². The van der Waals surface area contributed by atoms with Gasteiger partial charge in [-0.05, 0) is 55.4 Å². The lowest BCUT2D eigenvalue weighted by atomic mass is 9.82. The molecule has 1 saturated heterocycles. The predicted octanol–water partition coefficient (Wildman–Crippen LogP) is 2.79. The number of hydrogen-bond donors (Lipinski definition) is 0. The topological polar surface area (TPSA) is 64.6 Å². The van der Waals surface area contributed by atoms with Crippen LogP contribution >= 0.6 is 0 Å². The molecule has 6 nitrogen and oxygen atoms in total. The maximum absolute atomic E-state index is 13.4. The second-order valence-electron chi connectivity index (χ2n) is 7.31. The number of methoxy groups -OCH3 is 1. The summed E-state index contributed by atoms with van der Waals surface area (Å²) in [6.07, 6.45) is 5.93. The van der Waals surface area contributed by atoms with Crippen molar-refractivity contribution in [3.8, 4) is 5.75 Å². The van der Waals surface area contributed by atoms with Gasteiger partial charge in [-0.2, -0.15) is 0 Å². The van der Waals surface area contributed by atoms with Crippen LogP contribution in [0.25, 0.3) is 0 Å². The molecule has 142 valence electrons. The molecule has 0 aliphatic carbocycles. The van der Waals surface area contributed by atoms with E-state index in [2.05, 4.69) is 22.1 Å². The van der Waals surface area contributed by atoms with Gasteiger partial charge in [-0.1, -0.05) is 6.07 Å². The molecule has 27 heavy (non-hydrogen) atoms. The van der Waals surface area contributed by atoms with E-state index in [0.29, 0.717) is 18.0 Å². The van der Waals surface area contributed by atoms with Crippen LogP contribution in [0, 0.1) is 12.8 Å². The molecule has 2 aliphatic rings. The standard InChI is InChI=1S/C21H25N3O3/c1-14-19(11-22-13-23-14)21(25)24-12-16-3-4-18(26-2)9-17(16)10-20(24)15-5-7-27-8-6-15/h3-4,9,11,13,15,20H,5-8,10,12H2,1-2H3/t20-/m1/s1. The number of hydrogen-bond acceptors (Lipinski definition) is 5. The monoisotopic (exact) mass is 367 g/mol. The van der Waals surface area contributed by atoms with Gasteiger partial charge in [-0.25, -0.2) is 9.97 Å². The molecule has 0 spiro atoms. The molecule has 0 saturated carbocycles. The molecule has 1 atom stereocenters. The third-order valence-corrected chi connectivity index (χ3v) is 5.80. The van der Waals surface area contributed by atoms with Crippen molar-refractivity contribution in [2.75, 3.05) is 20.3 Å². The van der Waals surface area contributed by atoms with Gasteiger partial charge in [0.15, 0.2) is 0 Å². The summed E-state index contributed by atoms with van der Waals surface area (Å²) >= 11 is 0. The van der Waals surface area contributed by atoms with Crippen LogP contribution in [0.5, 0.6) is 5.75 Å². The Balaban J connectivity index is 1.70. The second-order valence-corrected chi connectivity index (χ2v) is 7.31. The number of ether oxygens (including phenoxy) is 2. The van der Waals surface area contributed by atoms with Gasteiger partial charge in [0.25, 0.3) is 5.91 Å². The van der Waals surface area contributed by atoms with Gasteiger partial charge in [-0.15, -0.1) is 0 Å². The number of benzene rings is 1. The Morgan fingerprint density at radius 3 is 2.81 bits per heavy atom. The van der Waals surface area contributed by atoms with Crippen LogP contribution in [-0.4, -0.2) is 47.1 Å². The molecule has 4 rings (SSSR count). The molecule has 0 unspecified atom stereocenters. The molecule has 1 aromatic carbocycles. The number of rotatable bonds is 3. The summed E-state index contributed by atoms with van der Waals surface area (Å²) in [4.78, 5) is 23.7. The Labute approximate surface area is 159 Å². The highest BCUT2D eigenvalue weighted by Gasteiger charge is 2.37. The van der Waals surface area contributed by atoms with E-state index in [0.717, 1.165) is 43.9 Å². The molecule has 6 heteroatoms. The molecule has 3 heterocycles. The van der Waals surface area contributed by atoms with Gasteiger partial charge in [0.1, 0.15) is 12.1 Å². The summed E-state index contributed by atoms with van der Waals surface area (Å²) in [5.41, 5.74) is 3.77. The van der Waals surface area contributed by atoms with Crippen molar-refractivity contribution in [1.29, 1.82) is 0 Å². The highest BCUT2D eigenvalue weighted by Crippen LogP contribution is 2.34. The third kappa shape index (κ3) is 3.54. The lowest BCUT2D eigenvalue weighted by molar-refractivity contribution is 0.0179. The molecule has 0 radical (unpaired) electrons. The fourth-order valence-electron chi connectivity index (χ4n) is 4.21. The average Bonchev–Trinajstić information content (AvgIpc) is 2.73. The Kier molecular flexibility index (Phi) is 5.07. The zero-order chi connectivity index (χ0) is 18.8. The van der Waals surface area contributed by atoms with E-state index in [1.54, 1.807) is 13.3 Å². The number of amides is 1. The van der Waals surface area contributed by atoms with Gasteiger partial charge < -0.3 is 14.4 Å². The second kappa shape index (κ2) is 7.64. The maximum atomic E-state index is 13.4. The smallest absolute Gasteiger partial charge is 0.257 e. The lowest BCUT2D eigenvalue weighted by Crippen LogP contribution is -2.49. The van der Waals surface area contributed by atoms with Crippen LogP contribution in [0.4, 0.5) is 0 Å². The summed E-state index contributed by atoms with van der Waals surface area (Å²) in [6.45, 7) is 4.00. The number of carbonyl (C=O) groups excluding carboxylic acids is 1. The van der Waals surface area contributed by atoms with Crippen LogP contribution in [0.15, 0.2) is 30.7 Å². The first-order valence-corrected chi connectivity index (χ1v) is 9.48. The minimum absolute atomic E-state index is 0.0195. The van der Waals surface area contributed by atoms with Crippen LogP contribution in [0.1, 0.15) is 40.0 Å². The molecule has 0 N–H and O–H groups in total. The Bertz CT molecular complexity index is 833. The molecule has 1 amide bonds. The normalized spacial score (nSPS) is 20.2. The minimum Gasteiger partial charge on any atom is -0.497 e. The summed E-state index contributed by atoms with van der Waals surface area (Å²) in [7, 11) is 1.69. The SMILES string of the molecule is COc1ccc2c(c1)C[C@H](C1CCOCC1)N(C(=O)c1cncnc1C)C2. The van der Waals surface area contributed by atoms with Gasteiger partial charge in [0.05, 0.1) is 18.4 Å². The van der Waals surface area contributed by atoms with Gasteiger partial charge >= 0.3 is 0 Å². The van der Waals surface area contributed by atoms with E-state index in [4.69, 9.17) is 9.47 Å². The first kappa shape index (κ1) is 17.9. The van der Waals surface area contributed by atoms with Crippen LogP contribution in [-0.2, 0) is 17.7 Å². The Hall–Kier alpha value is -2.47. The summed E-state index contributed by atoms with van der Waals surface area (Å²) in [6, 6.07) is 6.30. The quantitative estimate of drug-likeness (QED) is 0.835. The van der Waals surface area contributed by atoms with Gasteiger partial charge in [-0.3, -0.25) is 4.79 Å². The molecule has 0 bridgehead atoms. The van der Waals surface area contributed by atoms with E-state index in [-0.39, 0.29) is 11.9 Å². The lowest BCUT2D eigenvalue weighted by Gasteiger charge is -2.42. The first-order valence-electron chi connectivity index (χ1n) is 9.48. The average molecular weight is 367 g/mol. The minimum atomic E-state index is 0.0195. The molecule has 2 aliphatic heterocycles. The molecule has 1 aromatic heterocycles. The van der Waals surface area contributed by atoms with Gasteiger partial charge in [0, 0.05) is 32.0 Å². The van der Waals surface area contributed by atoms with Crippen molar-refractivity contribution in [3.05, 3.63) is 53.1 Å². The summed E-state index contributed by atoms with van der Waals surface area (Å²) in [5.74, 6) is 1.32. The fraction of sp³-hybridized carbons (Fsp3) is 0.476. The van der Waals surface area contributed by atoms with Crippen molar-refractivity contribution >= 4 is 5.91 Å². The van der Waals surface area contributed by atoms with E-state index >= 15 is 0 Å². The molecular weight excluding hydrogens is 342 g/mol. The zero-order valence-electron chi connectivity index (χ0n) is 15.9. The number of aryl methyl sites for hydroxylation is 1. The largest absolute Gasteiger partial charge is 0.497 e. The predicted molar refractivity (Wildman–Crippen MR) is 101 cm³/mol. The van der Waals surface area contributed by atoms with E-state index in [1.165, 1.54) is 17.5 Å². The van der Waals surface area contributed by atoms with E-state index in [9.17, 15) is 4.79 Å². The van der Waals surface area contributed by atoms with Crippen LogP contribution in [0.2, 0.25) is 0 Å². The highest BCUT2D eigenvalue weighted by atomic mass is 16.5. The fourth-order valence-corrected chi connectivity index (χ4v) is 4.21. The maximum Gasteiger partial charge on any atom is 0.257 e. The molecule has 2 aromatic rings. The number of fused-ring (bicyclic) bond motifs is 1. The van der Waals surface area contributed by atoms with Crippen LogP contribution < -0.4 is 4.74 Å². The highest BCUT2D eigenvalue weighted by molar-refractivity contribution is 5.95. The Morgan fingerprint density at radius 2 is 2.07 bits per heavy atom. The Morgan fingerprint density at radius 1 is 1.26 bits per heavy atom. The van der Waals surface area contributed by atoms with Crippen molar-refractivity contribution in [2.24, 2.45) is 5.92 Å². The summed E-state index contributed by atoms with van der Waals surface area (Å²) < 4.78 is 11.0. The van der Waals surface area contributed by atoms with Crippen LogP contribution in [0.3, 0.4) is 0 Å². The molecular formula is C21H25N3O3. The van der Waals surface area contributed by atoms with Crippen molar-refractivity contribution in [1.82, 2.24) is 14.9 Å². The van der Waals surface area contributed by atoms with Gasteiger partial charge in [0.2, 0.25) is 0 Å².